The highest BCUT2D eigenvalue weighted by atomic mass is 32.2. The summed E-state index contributed by atoms with van der Waals surface area (Å²) in [5, 5.41) is 80.4. The zero-order valence-corrected chi connectivity index (χ0v) is 69.1. The van der Waals surface area contributed by atoms with Gasteiger partial charge in [-0.1, -0.05) is 20.8 Å². The van der Waals surface area contributed by atoms with Gasteiger partial charge in [-0.25, -0.2) is 47.3 Å². The first kappa shape index (κ1) is 84.2. The van der Waals surface area contributed by atoms with Crippen LogP contribution in [0, 0.1) is 38.2 Å². The van der Waals surface area contributed by atoms with Crippen molar-refractivity contribution < 1.29 is 105 Å². The molecule has 0 radical (unpaired) electrons. The third-order valence-electron chi connectivity index (χ3n) is 27.6. The number of carboxylic acids is 1. The molecule has 12 N–H and O–H groups in total. The molecule has 0 bridgehead atoms. The van der Waals surface area contributed by atoms with Crippen molar-refractivity contribution in [1.29, 1.82) is 0 Å². The average molecular weight is 1710 g/mol. The van der Waals surface area contributed by atoms with E-state index in [2.05, 4.69) is 10.6 Å². The lowest BCUT2D eigenvalue weighted by Gasteiger charge is -2.37. The highest BCUT2D eigenvalue weighted by Crippen LogP contribution is 2.52. The third-order valence-corrected chi connectivity index (χ3v) is 27.6. The quantitative estimate of drug-likeness (QED) is 0.0412. The summed E-state index contributed by atoms with van der Waals surface area (Å²) in [4.78, 5) is 129. The van der Waals surface area contributed by atoms with E-state index in [4.69, 9.17) is 49.7 Å². The topological polar surface area (TPSA) is 481 Å². The number of pyridine rings is 6. The van der Waals surface area contributed by atoms with E-state index in [0.717, 1.165) is 85.5 Å². The lowest BCUT2D eigenvalue weighted by Crippen LogP contribution is -2.52. The molecule has 35 heteroatoms. The number of nitrogens with two attached hydrogens (primary N) is 1. The van der Waals surface area contributed by atoms with Gasteiger partial charge in [-0.15, -0.1) is 0 Å². The number of nitrogens with one attached hydrogen (secondary N) is 2. The van der Waals surface area contributed by atoms with E-state index in [9.17, 15) is 81.5 Å². The smallest absolute Gasteiger partial charge is 0.343 e. The average Bonchev–Trinajstić information content (AvgIpc) is 1.55. The second-order valence-electron chi connectivity index (χ2n) is 34.4. The lowest BCUT2D eigenvalue weighted by molar-refractivity contribution is -0.172. The number of ether oxygens (including phenoxy) is 3. The maximum absolute atomic E-state index is 15.0. The molecule has 646 valence electrons. The lowest BCUT2D eigenvalue weighted by atomic mass is 9.78. The molecule has 2 amide bonds. The van der Waals surface area contributed by atoms with Crippen molar-refractivity contribution in [2.75, 3.05) is 6.26 Å². The van der Waals surface area contributed by atoms with Crippen LogP contribution in [0.3, 0.4) is 0 Å². The van der Waals surface area contributed by atoms with E-state index in [1.807, 2.05) is 0 Å². The number of carboxylic acid groups (broad SMARTS) is 1. The SMILES string of the molecule is CC[C@@]1(O)C(=O)OCc2c1cc1n(c2=O)Cc2c-1nc1cc(F)c(C)c3c1c2[C@@H](N)CC3.CC[C@@]1(O)C(=O)OCc2c1cc1n(c2=O)Cc2c-1nc1cc(F)c(C)c3c1c2[C@@H](NC(=O)C1(O)CCC1)CC3.CC[C@@]1(O)C(=O)OCc2c1cc1n(c2=O)Cc2c-1nc1cc(F)c(C)c3c1c2[C@@H](NC(=O)C1(O)CCC1)CC3.CS(=O)(=O)O.O=C(O)C1(O)CCC1. The number of aliphatic carboxylic acids is 1. The van der Waals surface area contributed by atoms with E-state index in [1.165, 1.54) is 27.3 Å². The van der Waals surface area contributed by atoms with E-state index in [0.29, 0.717) is 151 Å². The Balaban J connectivity index is 0.000000122. The van der Waals surface area contributed by atoms with Crippen molar-refractivity contribution in [3.8, 4) is 34.2 Å². The van der Waals surface area contributed by atoms with Crippen LogP contribution < -0.4 is 33.0 Å². The number of esters is 3. The van der Waals surface area contributed by atoms with Gasteiger partial charge in [0.15, 0.2) is 22.4 Å². The number of hydrogen-bond donors (Lipinski definition) is 11. The fraction of sp³-hybridized carbons (Fsp3) is 0.455. The van der Waals surface area contributed by atoms with Crippen LogP contribution in [-0.2, 0) is 129 Å². The monoisotopic (exact) mass is 1710 g/mol. The van der Waals surface area contributed by atoms with Crippen LogP contribution in [0.2, 0.25) is 0 Å². The molecule has 3 saturated carbocycles. The third kappa shape index (κ3) is 13.0. The molecule has 0 spiro atoms. The molecule has 12 heterocycles. The van der Waals surface area contributed by atoms with Crippen LogP contribution in [-0.4, -0.2) is 136 Å². The van der Waals surface area contributed by atoms with Crippen molar-refractivity contribution in [3.05, 3.63) is 185 Å². The number of benzene rings is 3. The van der Waals surface area contributed by atoms with Crippen LogP contribution in [0.25, 0.3) is 66.9 Å². The number of hydrogen-bond acceptors (Lipinski definition) is 24. The molecule has 9 aromatic rings. The van der Waals surface area contributed by atoms with E-state index >= 15 is 8.78 Å². The maximum atomic E-state index is 15.0. The Bertz CT molecular complexity index is 6330. The Kier molecular flexibility index (Phi) is 20.3. The van der Waals surface area contributed by atoms with Crippen LogP contribution >= 0.6 is 0 Å². The molecule has 31 nitrogen and oxygen atoms in total. The number of amides is 2. The first-order chi connectivity index (χ1) is 58.0. The fourth-order valence-electron chi connectivity index (χ4n) is 19.8. The molecule has 0 saturated heterocycles. The second kappa shape index (κ2) is 29.6. The minimum absolute atomic E-state index is 0.0237. The summed E-state index contributed by atoms with van der Waals surface area (Å²) in [5.74, 6) is -5.38. The van der Waals surface area contributed by atoms with Gasteiger partial charge in [0.25, 0.3) is 38.6 Å². The molecule has 12 aliphatic rings. The number of nitrogens with zero attached hydrogens (tertiary/aromatic N) is 6. The Morgan fingerprint density at radius 1 is 0.472 bits per heavy atom. The molecule has 6 aliphatic heterocycles. The number of aromatic nitrogens is 6. The van der Waals surface area contributed by atoms with Crippen molar-refractivity contribution in [3.63, 3.8) is 0 Å². The molecule has 6 aliphatic carbocycles. The number of carbonyl (C=O) groups excluding carboxylic acids is 5. The first-order valence-corrected chi connectivity index (χ1v) is 43.1. The highest BCUT2D eigenvalue weighted by molar-refractivity contribution is 7.85. The molecule has 3 fully saturated rings. The van der Waals surface area contributed by atoms with Gasteiger partial charge in [-0.2, -0.15) is 8.42 Å². The van der Waals surface area contributed by atoms with E-state index in [1.54, 1.807) is 64.3 Å². The summed E-state index contributed by atoms with van der Waals surface area (Å²) in [5.41, 5.74) is 10.0. The summed E-state index contributed by atoms with van der Waals surface area (Å²) < 4.78 is 90.7. The number of carbonyl (C=O) groups is 6. The Labute approximate surface area is 698 Å². The largest absolute Gasteiger partial charge is 0.479 e. The maximum Gasteiger partial charge on any atom is 0.343 e. The van der Waals surface area contributed by atoms with Crippen LogP contribution in [0.5, 0.6) is 0 Å². The zero-order valence-electron chi connectivity index (χ0n) is 68.3. The van der Waals surface area contributed by atoms with Gasteiger partial charge in [0.05, 0.1) is 105 Å². The number of halogens is 3. The number of aliphatic hydroxyl groups is 6. The fourth-order valence-corrected chi connectivity index (χ4v) is 19.8. The van der Waals surface area contributed by atoms with Crippen molar-refractivity contribution >= 4 is 78.5 Å². The van der Waals surface area contributed by atoms with Crippen LogP contribution in [0.4, 0.5) is 13.2 Å². The minimum atomic E-state index is -3.67. The summed E-state index contributed by atoms with van der Waals surface area (Å²) in [6.07, 6.45) is 9.13. The molecule has 123 heavy (non-hydrogen) atoms. The Morgan fingerprint density at radius 2 is 0.756 bits per heavy atom. The Morgan fingerprint density at radius 3 is 1.02 bits per heavy atom. The van der Waals surface area contributed by atoms with E-state index < -0.39 is 91.5 Å². The molecule has 6 aromatic heterocycles. The van der Waals surface area contributed by atoms with Crippen molar-refractivity contribution in [1.82, 2.24) is 39.3 Å². The number of aryl methyl sites for hydroxylation is 3. The van der Waals surface area contributed by atoms with E-state index in [-0.39, 0.29) is 132 Å². The van der Waals surface area contributed by atoms with Gasteiger partial charge in [0.1, 0.15) is 48.5 Å². The molecular formula is C88H90F3N9O22S. The number of fused-ring (bicyclic) bond motifs is 15. The number of cyclic esters (lactones) is 3. The highest BCUT2D eigenvalue weighted by Gasteiger charge is 2.52. The van der Waals surface area contributed by atoms with Gasteiger partial charge in [-0.3, -0.25) is 28.5 Å². The number of rotatable bonds is 8. The molecule has 6 atom stereocenters. The second-order valence-corrected chi connectivity index (χ2v) is 35.9. The zero-order chi connectivity index (χ0) is 88.1. The summed E-state index contributed by atoms with van der Waals surface area (Å²) in [6, 6.07) is 7.91. The molecule has 21 rings (SSSR count). The van der Waals surface area contributed by atoms with Crippen molar-refractivity contribution in [2.45, 2.75) is 248 Å². The molecule has 0 unspecified atom stereocenters. The van der Waals surface area contributed by atoms with Crippen LogP contribution in [0.1, 0.15) is 235 Å². The van der Waals surface area contributed by atoms with Gasteiger partial charge in [0, 0.05) is 73.8 Å². The van der Waals surface area contributed by atoms with Gasteiger partial charge in [0.2, 0.25) is 0 Å². The van der Waals surface area contributed by atoms with Gasteiger partial charge in [-0.05, 0) is 205 Å². The standard InChI is InChI=1S/2C29H28FN3O6.C24H22FN3O4.C5H8O3.CH4O3S/c2*1-3-29(38)17-9-21-24-15(11-33(21)25(34)16(17)12-39-27(29)36)23-19(32-26(35)28(37)7-4-8-28)6-5-14-13(2)18(30)10-20(31-24)22(14)23;1-3-24(31)14-6-18-21-12(8-28(18)22(29)13(14)9-32-23(24)30)19-16(26)5-4-11-10(2)15(25)7-17(27-21)20(11)19;6-4(7)5(8)2-1-3-5;1-5(2,3)4/h2*9-10,19,37-38H,3-8,11-12H2,1-2H3,(H,32,35);6-7,16,31H,3-5,8-9,26H2,1-2H3;8H,1-3H2,(H,6,7);1H3,(H,2,3,4)/t2*19-,29-;16-,24-;;/m000../s1. The van der Waals surface area contributed by atoms with Gasteiger partial charge < -0.3 is 80.0 Å². The van der Waals surface area contributed by atoms with Crippen LogP contribution in [0.15, 0.2) is 50.8 Å². The summed E-state index contributed by atoms with van der Waals surface area (Å²) >= 11 is 0. The summed E-state index contributed by atoms with van der Waals surface area (Å²) in [6.45, 7) is 10.1. The first-order valence-electron chi connectivity index (χ1n) is 41.2. The predicted molar refractivity (Wildman–Crippen MR) is 433 cm³/mol. The summed E-state index contributed by atoms with van der Waals surface area (Å²) in [7, 11) is -3.67. The van der Waals surface area contributed by atoms with Gasteiger partial charge >= 0.3 is 23.9 Å². The Hall–Kier alpha value is -11.0. The molecule has 3 aromatic carbocycles. The predicted octanol–water partition coefficient (Wildman–Crippen LogP) is 7.05. The minimum Gasteiger partial charge on any atom is -0.479 e. The molecular weight excluding hydrogens is 1620 g/mol. The van der Waals surface area contributed by atoms with Crippen molar-refractivity contribution in [2.24, 2.45) is 5.73 Å². The normalized spacial score (nSPS) is 23.2.